The van der Waals surface area contributed by atoms with Crippen LogP contribution in [0.3, 0.4) is 0 Å². The van der Waals surface area contributed by atoms with E-state index >= 15 is 0 Å². The van der Waals surface area contributed by atoms with Crippen LogP contribution in [0.2, 0.25) is 0 Å². The number of rotatable bonds is 4. The lowest BCUT2D eigenvalue weighted by atomic mass is 10.0. The number of hydrogen-bond acceptors (Lipinski definition) is 2. The van der Waals surface area contributed by atoms with E-state index < -0.39 is 0 Å². The number of thioether (sulfide) groups is 1. The third-order valence-corrected chi connectivity index (χ3v) is 6.66. The van der Waals surface area contributed by atoms with Crippen LogP contribution in [-0.4, -0.2) is 23.1 Å². The molecule has 2 nitrogen and oxygen atoms in total. The van der Waals surface area contributed by atoms with Crippen LogP contribution in [0, 0.1) is 5.92 Å². The Bertz CT molecular complexity index is 740. The van der Waals surface area contributed by atoms with Crippen LogP contribution >= 0.6 is 11.8 Å². The molecule has 4 rings (SSSR count). The number of hydrogen-bond donors (Lipinski definition) is 0. The Morgan fingerprint density at radius 2 is 1.76 bits per heavy atom. The fourth-order valence-corrected chi connectivity index (χ4v) is 5.03. The van der Waals surface area contributed by atoms with Crippen LogP contribution in [-0.2, 0) is 4.79 Å². The Balaban J connectivity index is 1.47. The van der Waals surface area contributed by atoms with Gasteiger partial charge in [-0.2, -0.15) is 0 Å². The summed E-state index contributed by atoms with van der Waals surface area (Å²) >= 11 is 1.89. The highest BCUT2D eigenvalue weighted by atomic mass is 32.2. The Hall–Kier alpha value is -1.74. The maximum Gasteiger partial charge on any atom is 0.227 e. The Morgan fingerprint density at radius 3 is 2.44 bits per heavy atom. The van der Waals surface area contributed by atoms with Gasteiger partial charge in [-0.1, -0.05) is 68.4 Å². The Kier molecular flexibility index (Phi) is 4.60. The standard InChI is InChI=1S/C22H25NOS/c1-15(2)16-8-10-18(11-9-16)22-23(12-13-25-22)21(24)20-14-19(20)17-6-4-3-5-7-17/h3-11,15,19-20,22H,12-14H2,1-2H3. The van der Waals surface area contributed by atoms with Crippen LogP contribution in [0.15, 0.2) is 54.6 Å². The van der Waals surface area contributed by atoms with Gasteiger partial charge >= 0.3 is 0 Å². The van der Waals surface area contributed by atoms with Gasteiger partial charge in [-0.3, -0.25) is 4.79 Å². The van der Waals surface area contributed by atoms with Gasteiger partial charge in [0.25, 0.3) is 0 Å². The molecule has 3 atom stereocenters. The summed E-state index contributed by atoms with van der Waals surface area (Å²) in [6, 6.07) is 19.3. The fourth-order valence-electron chi connectivity index (χ4n) is 3.77. The summed E-state index contributed by atoms with van der Waals surface area (Å²) in [7, 11) is 0. The zero-order chi connectivity index (χ0) is 17.4. The molecule has 1 aliphatic carbocycles. The lowest BCUT2D eigenvalue weighted by Crippen LogP contribution is -2.32. The van der Waals surface area contributed by atoms with Crippen LogP contribution in [0.25, 0.3) is 0 Å². The lowest BCUT2D eigenvalue weighted by molar-refractivity contribution is -0.132. The highest BCUT2D eigenvalue weighted by Gasteiger charge is 2.47. The van der Waals surface area contributed by atoms with Crippen molar-refractivity contribution in [3.05, 3.63) is 71.3 Å². The van der Waals surface area contributed by atoms with Crippen molar-refractivity contribution in [1.29, 1.82) is 0 Å². The van der Waals surface area contributed by atoms with Gasteiger partial charge in [-0.05, 0) is 34.9 Å². The van der Waals surface area contributed by atoms with Gasteiger partial charge in [-0.25, -0.2) is 0 Å². The highest BCUT2D eigenvalue weighted by molar-refractivity contribution is 7.99. The van der Waals surface area contributed by atoms with Crippen LogP contribution < -0.4 is 0 Å². The molecule has 2 aliphatic rings. The monoisotopic (exact) mass is 351 g/mol. The molecule has 0 spiro atoms. The SMILES string of the molecule is CC(C)c1ccc(C2SCCN2C(=O)C2CC2c2ccccc2)cc1. The van der Waals surface area contributed by atoms with Crippen LogP contribution in [0.5, 0.6) is 0 Å². The minimum absolute atomic E-state index is 0.179. The van der Waals surface area contributed by atoms with E-state index in [1.165, 1.54) is 16.7 Å². The molecule has 0 radical (unpaired) electrons. The van der Waals surface area contributed by atoms with E-state index in [1.807, 2.05) is 17.8 Å². The van der Waals surface area contributed by atoms with Crippen molar-refractivity contribution >= 4 is 17.7 Å². The van der Waals surface area contributed by atoms with E-state index in [0.717, 1.165) is 18.7 Å². The van der Waals surface area contributed by atoms with Gasteiger partial charge in [0.1, 0.15) is 5.37 Å². The largest absolute Gasteiger partial charge is 0.325 e. The maximum absolute atomic E-state index is 13.1. The predicted molar refractivity (Wildman–Crippen MR) is 105 cm³/mol. The number of amides is 1. The summed E-state index contributed by atoms with van der Waals surface area (Å²) in [6.07, 6.45) is 1.00. The molecule has 2 fully saturated rings. The average molecular weight is 352 g/mol. The number of carbonyl (C=O) groups excluding carboxylic acids is 1. The average Bonchev–Trinajstić information content (AvgIpc) is 3.30. The number of nitrogens with zero attached hydrogens (tertiary/aromatic N) is 1. The van der Waals surface area contributed by atoms with Crippen molar-refractivity contribution in [2.75, 3.05) is 12.3 Å². The minimum atomic E-state index is 0.179. The van der Waals surface area contributed by atoms with Gasteiger partial charge in [0.15, 0.2) is 0 Å². The smallest absolute Gasteiger partial charge is 0.227 e. The molecule has 3 heteroatoms. The lowest BCUT2D eigenvalue weighted by Gasteiger charge is -2.25. The molecule has 1 aliphatic heterocycles. The van der Waals surface area contributed by atoms with Crippen molar-refractivity contribution in [2.24, 2.45) is 5.92 Å². The van der Waals surface area contributed by atoms with E-state index in [1.54, 1.807) is 0 Å². The first kappa shape index (κ1) is 16.7. The van der Waals surface area contributed by atoms with Crippen LogP contribution in [0.1, 0.15) is 54.2 Å². The second kappa shape index (κ2) is 6.87. The van der Waals surface area contributed by atoms with Gasteiger partial charge in [0.05, 0.1) is 0 Å². The van der Waals surface area contributed by atoms with Gasteiger partial charge in [0.2, 0.25) is 5.91 Å². The predicted octanol–water partition coefficient (Wildman–Crippen LogP) is 5.19. The zero-order valence-electron chi connectivity index (χ0n) is 14.9. The molecular formula is C22H25NOS. The summed E-state index contributed by atoms with van der Waals surface area (Å²) in [5.41, 5.74) is 3.93. The van der Waals surface area contributed by atoms with Gasteiger partial charge < -0.3 is 4.90 Å². The molecular weight excluding hydrogens is 326 g/mol. The summed E-state index contributed by atoms with van der Waals surface area (Å²) in [6.45, 7) is 5.30. The van der Waals surface area contributed by atoms with Crippen LogP contribution in [0.4, 0.5) is 0 Å². The molecule has 2 aromatic rings. The van der Waals surface area contributed by atoms with Gasteiger partial charge in [0, 0.05) is 18.2 Å². The van der Waals surface area contributed by atoms with Crippen molar-refractivity contribution in [1.82, 2.24) is 4.90 Å². The summed E-state index contributed by atoms with van der Waals surface area (Å²) < 4.78 is 0. The Labute approximate surface area is 154 Å². The topological polar surface area (TPSA) is 20.3 Å². The van der Waals surface area contributed by atoms with E-state index in [0.29, 0.717) is 17.7 Å². The van der Waals surface area contributed by atoms with Gasteiger partial charge in [-0.15, -0.1) is 11.8 Å². The first-order valence-corrected chi connectivity index (χ1v) is 10.3. The highest BCUT2D eigenvalue weighted by Crippen LogP contribution is 2.50. The molecule has 1 amide bonds. The van der Waals surface area contributed by atoms with Crippen molar-refractivity contribution < 1.29 is 4.79 Å². The summed E-state index contributed by atoms with van der Waals surface area (Å²) in [5, 5.41) is 0.186. The van der Waals surface area contributed by atoms with Crippen molar-refractivity contribution in [2.45, 2.75) is 37.5 Å². The van der Waals surface area contributed by atoms with Crippen molar-refractivity contribution in [3.63, 3.8) is 0 Å². The van der Waals surface area contributed by atoms with E-state index in [2.05, 4.69) is 67.3 Å². The van der Waals surface area contributed by atoms with E-state index in [4.69, 9.17) is 0 Å². The maximum atomic E-state index is 13.1. The first-order valence-electron chi connectivity index (χ1n) is 9.22. The molecule has 1 saturated carbocycles. The summed E-state index contributed by atoms with van der Waals surface area (Å²) in [4.78, 5) is 15.2. The van der Waals surface area contributed by atoms with Crippen molar-refractivity contribution in [3.8, 4) is 0 Å². The molecule has 1 saturated heterocycles. The van der Waals surface area contributed by atoms with E-state index in [9.17, 15) is 4.79 Å². The quantitative estimate of drug-likeness (QED) is 0.756. The molecule has 0 N–H and O–H groups in total. The molecule has 2 aromatic carbocycles. The first-order chi connectivity index (χ1) is 12.1. The third kappa shape index (κ3) is 3.35. The molecule has 0 aromatic heterocycles. The number of benzene rings is 2. The minimum Gasteiger partial charge on any atom is -0.325 e. The molecule has 25 heavy (non-hydrogen) atoms. The second-order valence-corrected chi connectivity index (χ2v) is 8.62. The van der Waals surface area contributed by atoms with E-state index in [-0.39, 0.29) is 11.3 Å². The molecule has 1 heterocycles. The molecule has 3 unspecified atom stereocenters. The third-order valence-electron chi connectivity index (χ3n) is 5.40. The fraction of sp³-hybridized carbons (Fsp3) is 0.409. The second-order valence-electron chi connectivity index (χ2n) is 7.44. The summed E-state index contributed by atoms with van der Waals surface area (Å²) in [5.74, 6) is 2.52. The Morgan fingerprint density at radius 1 is 1.04 bits per heavy atom. The molecule has 0 bridgehead atoms. The zero-order valence-corrected chi connectivity index (χ0v) is 15.7. The number of carbonyl (C=O) groups is 1. The normalized spacial score (nSPS) is 25.4. The molecule has 130 valence electrons.